The minimum Gasteiger partial charge on any atom is -0.348 e. The second kappa shape index (κ2) is 5.27. The third kappa shape index (κ3) is 3.03. The summed E-state index contributed by atoms with van der Waals surface area (Å²) in [4.78, 5) is 16.1. The van der Waals surface area contributed by atoms with Gasteiger partial charge in [-0.25, -0.2) is 0 Å². The Morgan fingerprint density at radius 1 is 1.53 bits per heavy atom. The maximum Gasteiger partial charge on any atom is 0.253 e. The summed E-state index contributed by atoms with van der Waals surface area (Å²) in [5, 5.41) is 6.43. The van der Waals surface area contributed by atoms with Crippen molar-refractivity contribution in [3.63, 3.8) is 0 Å². The van der Waals surface area contributed by atoms with Crippen LogP contribution in [0.5, 0.6) is 0 Å². The maximum atomic E-state index is 12.0. The minimum absolute atomic E-state index is 0.0296. The van der Waals surface area contributed by atoms with Crippen LogP contribution in [0, 0.1) is 6.92 Å². The Bertz CT molecular complexity index is 388. The van der Waals surface area contributed by atoms with Crippen LogP contribution in [0.2, 0.25) is 0 Å². The van der Waals surface area contributed by atoms with Gasteiger partial charge in [0.05, 0.1) is 5.56 Å². The second-order valence-corrected chi connectivity index (χ2v) is 4.65. The average molecular weight is 233 g/mol. The van der Waals surface area contributed by atoms with Crippen LogP contribution in [0.4, 0.5) is 0 Å². The van der Waals surface area contributed by atoms with Crippen molar-refractivity contribution < 1.29 is 4.79 Å². The van der Waals surface area contributed by atoms with Crippen LogP contribution in [0.3, 0.4) is 0 Å². The topological polar surface area (TPSA) is 54.0 Å². The fourth-order valence-corrected chi connectivity index (χ4v) is 2.09. The number of hydrogen-bond acceptors (Lipinski definition) is 3. The van der Waals surface area contributed by atoms with Gasteiger partial charge in [-0.1, -0.05) is 0 Å². The number of aromatic nitrogens is 1. The molecule has 1 aliphatic rings. The van der Waals surface area contributed by atoms with Gasteiger partial charge in [0.25, 0.3) is 5.91 Å². The molecule has 1 saturated heterocycles. The molecule has 92 valence electrons. The minimum atomic E-state index is -0.0296. The molecule has 2 atom stereocenters. The van der Waals surface area contributed by atoms with Gasteiger partial charge in [-0.05, 0) is 45.4 Å². The molecule has 2 rings (SSSR count). The monoisotopic (exact) mass is 233 g/mol. The zero-order chi connectivity index (χ0) is 12.3. The summed E-state index contributed by atoms with van der Waals surface area (Å²) in [6.07, 6.45) is 3.78. The van der Waals surface area contributed by atoms with Crippen LogP contribution in [0.15, 0.2) is 18.3 Å². The molecule has 1 amide bonds. The van der Waals surface area contributed by atoms with Gasteiger partial charge >= 0.3 is 0 Å². The van der Waals surface area contributed by atoms with Gasteiger partial charge in [0.1, 0.15) is 0 Å². The van der Waals surface area contributed by atoms with Crippen LogP contribution in [-0.4, -0.2) is 29.5 Å². The van der Waals surface area contributed by atoms with E-state index in [-0.39, 0.29) is 11.9 Å². The summed E-state index contributed by atoms with van der Waals surface area (Å²) >= 11 is 0. The Hall–Kier alpha value is -1.42. The molecule has 0 bridgehead atoms. The Morgan fingerprint density at radius 2 is 2.35 bits per heavy atom. The van der Waals surface area contributed by atoms with E-state index >= 15 is 0 Å². The van der Waals surface area contributed by atoms with E-state index in [9.17, 15) is 4.79 Å². The van der Waals surface area contributed by atoms with Crippen LogP contribution in [0.25, 0.3) is 0 Å². The first kappa shape index (κ1) is 12.0. The first-order valence-corrected chi connectivity index (χ1v) is 6.14. The van der Waals surface area contributed by atoms with Gasteiger partial charge in [-0.15, -0.1) is 0 Å². The molecule has 2 N–H and O–H groups in total. The highest BCUT2D eigenvalue weighted by atomic mass is 16.1. The van der Waals surface area contributed by atoms with Gasteiger partial charge in [-0.3, -0.25) is 9.78 Å². The highest BCUT2D eigenvalue weighted by Gasteiger charge is 2.22. The lowest BCUT2D eigenvalue weighted by molar-refractivity contribution is 0.0919. The molecule has 4 heteroatoms. The molecular formula is C13H19N3O. The molecular weight excluding hydrogens is 214 g/mol. The maximum absolute atomic E-state index is 12.0. The molecule has 1 aromatic rings. The normalized spacial score (nSPS) is 24.4. The fourth-order valence-electron chi connectivity index (χ4n) is 2.09. The second-order valence-electron chi connectivity index (χ2n) is 4.65. The van der Waals surface area contributed by atoms with Crippen molar-refractivity contribution in [3.05, 3.63) is 29.6 Å². The Labute approximate surface area is 102 Å². The standard InChI is InChI=1S/C13H19N3O/c1-9-5-6-11(8-15-9)13(17)16-12-4-3-7-14-10(12)2/h5-6,8,10,12,14H,3-4,7H2,1-2H3,(H,16,17). The largest absolute Gasteiger partial charge is 0.348 e. The van der Waals surface area contributed by atoms with E-state index in [1.54, 1.807) is 6.20 Å². The van der Waals surface area contributed by atoms with Crippen LogP contribution < -0.4 is 10.6 Å². The van der Waals surface area contributed by atoms with Crippen molar-refractivity contribution in [2.75, 3.05) is 6.54 Å². The van der Waals surface area contributed by atoms with E-state index in [1.165, 1.54) is 0 Å². The number of amides is 1. The highest BCUT2D eigenvalue weighted by Crippen LogP contribution is 2.09. The van der Waals surface area contributed by atoms with Crippen molar-refractivity contribution in [2.24, 2.45) is 0 Å². The molecule has 0 radical (unpaired) electrons. The van der Waals surface area contributed by atoms with Gasteiger partial charge in [0.15, 0.2) is 0 Å². The number of rotatable bonds is 2. The van der Waals surface area contributed by atoms with Crippen LogP contribution in [-0.2, 0) is 0 Å². The SMILES string of the molecule is Cc1ccc(C(=O)NC2CCCNC2C)cn1. The van der Waals surface area contributed by atoms with E-state index in [2.05, 4.69) is 22.5 Å². The first-order valence-electron chi connectivity index (χ1n) is 6.14. The predicted octanol–water partition coefficient (Wildman–Crippen LogP) is 1.26. The third-order valence-electron chi connectivity index (χ3n) is 3.25. The van der Waals surface area contributed by atoms with Crippen molar-refractivity contribution in [2.45, 2.75) is 38.8 Å². The predicted molar refractivity (Wildman–Crippen MR) is 66.9 cm³/mol. The molecule has 1 aliphatic heterocycles. The summed E-state index contributed by atoms with van der Waals surface area (Å²) in [6, 6.07) is 4.24. The highest BCUT2D eigenvalue weighted by molar-refractivity contribution is 5.94. The summed E-state index contributed by atoms with van der Waals surface area (Å²) in [7, 11) is 0. The Balaban J connectivity index is 1.98. The molecule has 1 fully saturated rings. The number of pyridine rings is 1. The van der Waals surface area contributed by atoms with Crippen LogP contribution in [0.1, 0.15) is 35.8 Å². The molecule has 0 aliphatic carbocycles. The van der Waals surface area contributed by atoms with Crippen LogP contribution >= 0.6 is 0 Å². The van der Waals surface area contributed by atoms with Crippen molar-refractivity contribution in [1.29, 1.82) is 0 Å². The van der Waals surface area contributed by atoms with E-state index < -0.39 is 0 Å². The zero-order valence-electron chi connectivity index (χ0n) is 10.4. The van der Waals surface area contributed by atoms with Gasteiger partial charge in [-0.2, -0.15) is 0 Å². The molecule has 0 saturated carbocycles. The number of piperidine rings is 1. The number of nitrogens with one attached hydrogen (secondary N) is 2. The van der Waals surface area contributed by atoms with E-state index in [1.807, 2.05) is 19.1 Å². The smallest absolute Gasteiger partial charge is 0.253 e. The molecule has 1 aromatic heterocycles. The quantitative estimate of drug-likeness (QED) is 0.808. The summed E-state index contributed by atoms with van der Waals surface area (Å²) < 4.78 is 0. The Morgan fingerprint density at radius 3 is 3.00 bits per heavy atom. The zero-order valence-corrected chi connectivity index (χ0v) is 10.4. The summed E-state index contributed by atoms with van der Waals surface area (Å²) in [5.41, 5.74) is 1.56. The lowest BCUT2D eigenvalue weighted by Gasteiger charge is -2.30. The van der Waals surface area contributed by atoms with E-state index in [0.29, 0.717) is 11.6 Å². The third-order valence-corrected chi connectivity index (χ3v) is 3.25. The molecule has 2 heterocycles. The molecule has 4 nitrogen and oxygen atoms in total. The van der Waals surface area contributed by atoms with Gasteiger partial charge in [0.2, 0.25) is 0 Å². The van der Waals surface area contributed by atoms with Crippen molar-refractivity contribution in [1.82, 2.24) is 15.6 Å². The van der Waals surface area contributed by atoms with E-state index in [4.69, 9.17) is 0 Å². The summed E-state index contributed by atoms with van der Waals surface area (Å²) in [6.45, 7) is 5.06. The number of carbonyl (C=O) groups is 1. The number of aryl methyl sites for hydroxylation is 1. The molecule has 0 aromatic carbocycles. The van der Waals surface area contributed by atoms with Crippen molar-refractivity contribution in [3.8, 4) is 0 Å². The van der Waals surface area contributed by atoms with Gasteiger partial charge < -0.3 is 10.6 Å². The fraction of sp³-hybridized carbons (Fsp3) is 0.538. The first-order chi connectivity index (χ1) is 8.16. The number of carbonyl (C=O) groups excluding carboxylic acids is 1. The lowest BCUT2D eigenvalue weighted by Crippen LogP contribution is -2.51. The Kier molecular flexibility index (Phi) is 3.74. The van der Waals surface area contributed by atoms with E-state index in [0.717, 1.165) is 25.1 Å². The van der Waals surface area contributed by atoms with Gasteiger partial charge in [0, 0.05) is 24.0 Å². The number of nitrogens with zero attached hydrogens (tertiary/aromatic N) is 1. The molecule has 2 unspecified atom stereocenters. The molecule has 17 heavy (non-hydrogen) atoms. The average Bonchev–Trinajstić information content (AvgIpc) is 2.33. The lowest BCUT2D eigenvalue weighted by atomic mass is 9.99. The summed E-state index contributed by atoms with van der Waals surface area (Å²) in [5.74, 6) is -0.0296. The molecule has 0 spiro atoms. The number of hydrogen-bond donors (Lipinski definition) is 2. The van der Waals surface area contributed by atoms with Crippen molar-refractivity contribution >= 4 is 5.91 Å².